The van der Waals surface area contributed by atoms with Crippen LogP contribution >= 0.6 is 0 Å². The van der Waals surface area contributed by atoms with Gasteiger partial charge < -0.3 is 15.3 Å². The molecule has 5 heteroatoms. The minimum Gasteiger partial charge on any atom is -0.508 e. The zero-order chi connectivity index (χ0) is 15.1. The van der Waals surface area contributed by atoms with Gasteiger partial charge in [0.1, 0.15) is 5.75 Å². The van der Waals surface area contributed by atoms with Crippen molar-refractivity contribution in [1.82, 2.24) is 10.2 Å². The van der Waals surface area contributed by atoms with E-state index >= 15 is 0 Å². The third-order valence-electron chi connectivity index (χ3n) is 2.78. The standard InChI is InChI=1S/C15H22N2O3/c1-11(2)9-16-14(19)10-17(3)15(20)8-12-5-4-6-13(18)7-12/h4-7,11,18H,8-10H2,1-3H3,(H,16,19). The van der Waals surface area contributed by atoms with E-state index in [1.807, 2.05) is 13.8 Å². The van der Waals surface area contributed by atoms with Crippen molar-refractivity contribution in [2.75, 3.05) is 20.1 Å². The van der Waals surface area contributed by atoms with Gasteiger partial charge >= 0.3 is 0 Å². The molecule has 0 aliphatic heterocycles. The van der Waals surface area contributed by atoms with Crippen molar-refractivity contribution in [2.45, 2.75) is 20.3 Å². The van der Waals surface area contributed by atoms with Crippen molar-refractivity contribution in [1.29, 1.82) is 0 Å². The van der Waals surface area contributed by atoms with E-state index < -0.39 is 0 Å². The number of phenolic OH excluding ortho intramolecular Hbond substituents is 1. The van der Waals surface area contributed by atoms with Gasteiger partial charge in [-0.05, 0) is 23.6 Å². The summed E-state index contributed by atoms with van der Waals surface area (Å²) in [5, 5.41) is 12.1. The number of amides is 2. The Morgan fingerprint density at radius 2 is 2.05 bits per heavy atom. The van der Waals surface area contributed by atoms with E-state index in [9.17, 15) is 14.7 Å². The lowest BCUT2D eigenvalue weighted by molar-refractivity contribution is -0.134. The van der Waals surface area contributed by atoms with Crippen molar-refractivity contribution in [3.8, 4) is 5.75 Å². The molecule has 20 heavy (non-hydrogen) atoms. The molecule has 0 bridgehead atoms. The smallest absolute Gasteiger partial charge is 0.239 e. The van der Waals surface area contributed by atoms with E-state index in [1.165, 1.54) is 4.90 Å². The molecule has 2 amide bonds. The zero-order valence-corrected chi connectivity index (χ0v) is 12.2. The van der Waals surface area contributed by atoms with Crippen LogP contribution in [0.5, 0.6) is 5.75 Å². The van der Waals surface area contributed by atoms with E-state index in [0.717, 1.165) is 5.56 Å². The van der Waals surface area contributed by atoms with E-state index in [0.29, 0.717) is 12.5 Å². The fourth-order valence-electron chi connectivity index (χ4n) is 1.65. The number of nitrogens with one attached hydrogen (secondary N) is 1. The summed E-state index contributed by atoms with van der Waals surface area (Å²) in [6.45, 7) is 4.67. The molecule has 1 aromatic rings. The summed E-state index contributed by atoms with van der Waals surface area (Å²) in [7, 11) is 1.60. The highest BCUT2D eigenvalue weighted by Crippen LogP contribution is 2.11. The van der Waals surface area contributed by atoms with Crippen LogP contribution in [-0.4, -0.2) is 42.0 Å². The van der Waals surface area contributed by atoms with Crippen LogP contribution in [0.15, 0.2) is 24.3 Å². The summed E-state index contributed by atoms with van der Waals surface area (Å²) in [5.41, 5.74) is 0.726. The molecule has 0 saturated carbocycles. The minimum absolute atomic E-state index is 0.0460. The summed E-state index contributed by atoms with van der Waals surface area (Å²) < 4.78 is 0. The Morgan fingerprint density at radius 1 is 1.35 bits per heavy atom. The second-order valence-corrected chi connectivity index (χ2v) is 5.29. The molecule has 0 saturated heterocycles. The second-order valence-electron chi connectivity index (χ2n) is 5.29. The SMILES string of the molecule is CC(C)CNC(=O)CN(C)C(=O)Cc1cccc(O)c1. The van der Waals surface area contributed by atoms with Crippen molar-refractivity contribution >= 4 is 11.8 Å². The number of carbonyl (C=O) groups excluding carboxylic acids is 2. The van der Waals surface area contributed by atoms with Gasteiger partial charge in [0, 0.05) is 13.6 Å². The number of hydrogen-bond donors (Lipinski definition) is 2. The molecule has 0 aliphatic carbocycles. The Balaban J connectivity index is 2.45. The predicted octanol–water partition coefficient (Wildman–Crippen LogP) is 1.17. The highest BCUT2D eigenvalue weighted by atomic mass is 16.3. The molecule has 0 fully saturated rings. The Morgan fingerprint density at radius 3 is 2.65 bits per heavy atom. The summed E-state index contributed by atoms with van der Waals surface area (Å²) in [6.07, 6.45) is 0.169. The van der Waals surface area contributed by atoms with Crippen LogP contribution < -0.4 is 5.32 Å². The van der Waals surface area contributed by atoms with Gasteiger partial charge in [-0.2, -0.15) is 0 Å². The summed E-state index contributed by atoms with van der Waals surface area (Å²) in [6, 6.07) is 6.55. The topological polar surface area (TPSA) is 69.6 Å². The number of aromatic hydroxyl groups is 1. The molecule has 0 radical (unpaired) electrons. The zero-order valence-electron chi connectivity index (χ0n) is 12.2. The number of benzene rings is 1. The van der Waals surface area contributed by atoms with Crippen molar-refractivity contribution in [2.24, 2.45) is 5.92 Å². The summed E-state index contributed by atoms with van der Waals surface area (Å²) in [4.78, 5) is 25.0. The first-order valence-electron chi connectivity index (χ1n) is 6.67. The number of hydrogen-bond acceptors (Lipinski definition) is 3. The maximum absolute atomic E-state index is 12.0. The fourth-order valence-corrected chi connectivity index (χ4v) is 1.65. The van der Waals surface area contributed by atoms with Gasteiger partial charge in [0.05, 0.1) is 13.0 Å². The van der Waals surface area contributed by atoms with Gasteiger partial charge in [-0.1, -0.05) is 26.0 Å². The number of likely N-dealkylation sites (N-methyl/N-ethyl adjacent to an activating group) is 1. The third kappa shape index (κ3) is 5.73. The molecule has 0 aromatic heterocycles. The molecule has 0 unspecified atom stereocenters. The highest BCUT2D eigenvalue weighted by Gasteiger charge is 2.13. The first kappa shape index (κ1) is 16.0. The van der Waals surface area contributed by atoms with Crippen LogP contribution in [0.1, 0.15) is 19.4 Å². The average molecular weight is 278 g/mol. The van der Waals surface area contributed by atoms with Gasteiger partial charge in [-0.25, -0.2) is 0 Å². The Bertz CT molecular complexity index is 472. The molecule has 0 atom stereocenters. The Labute approximate surface area is 119 Å². The maximum atomic E-state index is 12.0. The third-order valence-corrected chi connectivity index (χ3v) is 2.78. The first-order chi connectivity index (χ1) is 9.38. The molecule has 2 N–H and O–H groups in total. The minimum atomic E-state index is -0.162. The van der Waals surface area contributed by atoms with Crippen LogP contribution in [0.2, 0.25) is 0 Å². The van der Waals surface area contributed by atoms with Crippen molar-refractivity contribution in [3.63, 3.8) is 0 Å². The van der Waals surface area contributed by atoms with Crippen LogP contribution in [-0.2, 0) is 16.0 Å². The highest BCUT2D eigenvalue weighted by molar-refractivity contribution is 5.85. The molecule has 5 nitrogen and oxygen atoms in total. The van der Waals surface area contributed by atoms with Gasteiger partial charge in [0.15, 0.2) is 0 Å². The molecule has 0 spiro atoms. The van der Waals surface area contributed by atoms with E-state index in [4.69, 9.17) is 0 Å². The van der Waals surface area contributed by atoms with Gasteiger partial charge in [0.25, 0.3) is 0 Å². The van der Waals surface area contributed by atoms with Crippen LogP contribution in [0, 0.1) is 5.92 Å². The Kier molecular flexibility index (Phi) is 6.03. The van der Waals surface area contributed by atoms with Crippen molar-refractivity contribution < 1.29 is 14.7 Å². The van der Waals surface area contributed by atoms with Crippen LogP contribution in [0.25, 0.3) is 0 Å². The normalized spacial score (nSPS) is 10.4. The van der Waals surface area contributed by atoms with E-state index in [2.05, 4.69) is 5.32 Å². The summed E-state index contributed by atoms with van der Waals surface area (Å²) >= 11 is 0. The first-order valence-corrected chi connectivity index (χ1v) is 6.67. The lowest BCUT2D eigenvalue weighted by atomic mass is 10.1. The quantitative estimate of drug-likeness (QED) is 0.820. The van der Waals surface area contributed by atoms with Crippen molar-refractivity contribution in [3.05, 3.63) is 29.8 Å². The number of rotatable bonds is 6. The molecule has 0 aliphatic rings. The van der Waals surface area contributed by atoms with E-state index in [1.54, 1.807) is 31.3 Å². The maximum Gasteiger partial charge on any atom is 0.239 e. The van der Waals surface area contributed by atoms with Crippen LogP contribution in [0.3, 0.4) is 0 Å². The number of nitrogens with zero attached hydrogens (tertiary/aromatic N) is 1. The molecular formula is C15H22N2O3. The number of carbonyl (C=O) groups is 2. The van der Waals surface area contributed by atoms with Crippen LogP contribution in [0.4, 0.5) is 0 Å². The molecule has 1 rings (SSSR count). The largest absolute Gasteiger partial charge is 0.508 e. The monoisotopic (exact) mass is 278 g/mol. The molecule has 110 valence electrons. The lowest BCUT2D eigenvalue weighted by Crippen LogP contribution is -2.40. The molecule has 0 heterocycles. The number of phenols is 1. The average Bonchev–Trinajstić information content (AvgIpc) is 2.36. The fraction of sp³-hybridized carbons (Fsp3) is 0.467. The molecular weight excluding hydrogens is 256 g/mol. The van der Waals surface area contributed by atoms with Gasteiger partial charge in [0.2, 0.25) is 11.8 Å². The van der Waals surface area contributed by atoms with Gasteiger partial charge in [-0.3, -0.25) is 9.59 Å². The van der Waals surface area contributed by atoms with Gasteiger partial charge in [-0.15, -0.1) is 0 Å². The lowest BCUT2D eigenvalue weighted by Gasteiger charge is -2.17. The second kappa shape index (κ2) is 7.53. The predicted molar refractivity (Wildman–Crippen MR) is 77.3 cm³/mol. The van der Waals surface area contributed by atoms with E-state index in [-0.39, 0.29) is 30.5 Å². The Hall–Kier alpha value is -2.04. The molecule has 1 aromatic carbocycles. The summed E-state index contributed by atoms with van der Waals surface area (Å²) in [5.74, 6) is 0.195.